The number of aliphatic hydroxyl groups excluding tert-OH is 5. The van der Waals surface area contributed by atoms with E-state index < -0.39 is 37.3 Å². The van der Waals surface area contributed by atoms with E-state index in [0.29, 0.717) is 11.3 Å². The molecule has 0 unspecified atom stereocenters. The maximum absolute atomic E-state index is 9.84. The van der Waals surface area contributed by atoms with E-state index in [9.17, 15) is 20.4 Å². The molecule has 0 aromatic heterocycles. The molecule has 0 aliphatic carbocycles. The van der Waals surface area contributed by atoms with Crippen LogP contribution in [0.4, 0.5) is 0 Å². The molecule has 1 aromatic carbocycles. The molecule has 0 saturated carbocycles. The molecule has 1 aliphatic heterocycles. The summed E-state index contributed by atoms with van der Waals surface area (Å²) in [5.41, 5.74) is 0.490. The lowest BCUT2D eigenvalue weighted by atomic mass is 9.99. The third-order valence-electron chi connectivity index (χ3n) is 3.23. The van der Waals surface area contributed by atoms with E-state index in [2.05, 4.69) is 0 Å². The number of hydrogen-bond acceptors (Lipinski definition) is 7. The molecule has 5 atom stereocenters. The van der Waals surface area contributed by atoms with Gasteiger partial charge in [-0.2, -0.15) is 0 Å². The van der Waals surface area contributed by atoms with Crippen LogP contribution in [0.15, 0.2) is 24.3 Å². The summed E-state index contributed by atoms with van der Waals surface area (Å²) in [6, 6.07) is 6.61. The molecule has 0 spiro atoms. The van der Waals surface area contributed by atoms with Crippen molar-refractivity contribution in [3.05, 3.63) is 29.8 Å². The van der Waals surface area contributed by atoms with Crippen molar-refractivity contribution in [2.24, 2.45) is 0 Å². The highest BCUT2D eigenvalue weighted by Crippen LogP contribution is 2.26. The van der Waals surface area contributed by atoms with Crippen LogP contribution in [0, 0.1) is 0 Å². The standard InChI is InChI=1S/C13H18O7/c14-5-7-3-1-2-4-8(7)19-13-12(18)11(17)10(16)9(6-15)20-13/h1-4,9-18H,5-6H2/t9-,10-,11+,12+,13+/m1/s1. The molecule has 112 valence electrons. The van der Waals surface area contributed by atoms with Crippen molar-refractivity contribution in [1.82, 2.24) is 0 Å². The minimum Gasteiger partial charge on any atom is -0.462 e. The van der Waals surface area contributed by atoms with E-state index in [1.165, 1.54) is 0 Å². The van der Waals surface area contributed by atoms with Crippen LogP contribution >= 0.6 is 0 Å². The van der Waals surface area contributed by atoms with Gasteiger partial charge in [0.25, 0.3) is 0 Å². The minimum absolute atomic E-state index is 0.256. The second-order valence-electron chi connectivity index (χ2n) is 4.58. The molecule has 1 aliphatic rings. The maximum atomic E-state index is 9.84. The fourth-order valence-electron chi connectivity index (χ4n) is 2.04. The van der Waals surface area contributed by atoms with Gasteiger partial charge in [-0.1, -0.05) is 18.2 Å². The Hall–Kier alpha value is -1.22. The van der Waals surface area contributed by atoms with Gasteiger partial charge in [-0.3, -0.25) is 0 Å². The molecule has 7 heteroatoms. The van der Waals surface area contributed by atoms with Crippen LogP contribution in [-0.4, -0.2) is 62.8 Å². The summed E-state index contributed by atoms with van der Waals surface area (Å²) in [5, 5.41) is 47.4. The van der Waals surface area contributed by atoms with Crippen molar-refractivity contribution in [1.29, 1.82) is 0 Å². The minimum atomic E-state index is -1.49. The summed E-state index contributed by atoms with van der Waals surface area (Å²) < 4.78 is 10.6. The summed E-state index contributed by atoms with van der Waals surface area (Å²) in [5.74, 6) is 0.291. The molecule has 5 N–H and O–H groups in total. The van der Waals surface area contributed by atoms with E-state index in [-0.39, 0.29) is 6.61 Å². The van der Waals surface area contributed by atoms with Gasteiger partial charge < -0.3 is 35.0 Å². The summed E-state index contributed by atoms with van der Waals surface area (Å²) in [6.45, 7) is -0.778. The molecule has 0 bridgehead atoms. The lowest BCUT2D eigenvalue weighted by molar-refractivity contribution is -0.277. The average molecular weight is 286 g/mol. The zero-order valence-electron chi connectivity index (χ0n) is 10.7. The van der Waals surface area contributed by atoms with Crippen LogP contribution in [0.25, 0.3) is 0 Å². The SMILES string of the molecule is OCc1ccccc1O[C@H]1O[C@H](CO)[C@@H](O)[C@H](O)[C@@H]1O. The van der Waals surface area contributed by atoms with Crippen LogP contribution in [-0.2, 0) is 11.3 Å². The Morgan fingerprint density at radius 2 is 1.70 bits per heavy atom. The molecule has 1 heterocycles. The van der Waals surface area contributed by atoms with Gasteiger partial charge in [0.1, 0.15) is 30.2 Å². The Balaban J connectivity index is 2.15. The van der Waals surface area contributed by atoms with Crippen LogP contribution < -0.4 is 4.74 Å². The zero-order valence-corrected chi connectivity index (χ0v) is 10.7. The molecule has 0 radical (unpaired) electrons. The van der Waals surface area contributed by atoms with E-state index in [1.54, 1.807) is 24.3 Å². The van der Waals surface area contributed by atoms with Crippen molar-refractivity contribution in [2.75, 3.05) is 6.61 Å². The summed E-state index contributed by atoms with van der Waals surface area (Å²) in [7, 11) is 0. The fraction of sp³-hybridized carbons (Fsp3) is 0.538. The van der Waals surface area contributed by atoms with Gasteiger partial charge in [-0.15, -0.1) is 0 Å². The van der Waals surface area contributed by atoms with Gasteiger partial charge in [0.15, 0.2) is 0 Å². The third kappa shape index (κ3) is 2.93. The van der Waals surface area contributed by atoms with Crippen molar-refractivity contribution in [2.45, 2.75) is 37.3 Å². The third-order valence-corrected chi connectivity index (χ3v) is 3.23. The van der Waals surface area contributed by atoms with Gasteiger partial charge in [0.05, 0.1) is 13.2 Å². The number of rotatable bonds is 4. The Kier molecular flexibility index (Phi) is 4.92. The van der Waals surface area contributed by atoms with Gasteiger partial charge >= 0.3 is 0 Å². The smallest absolute Gasteiger partial charge is 0.229 e. The quantitative estimate of drug-likeness (QED) is 0.450. The van der Waals surface area contributed by atoms with Crippen molar-refractivity contribution in [3.63, 3.8) is 0 Å². The van der Waals surface area contributed by atoms with Crippen LogP contribution in [0.2, 0.25) is 0 Å². The monoisotopic (exact) mass is 286 g/mol. The second-order valence-corrected chi connectivity index (χ2v) is 4.58. The van der Waals surface area contributed by atoms with E-state index >= 15 is 0 Å². The van der Waals surface area contributed by atoms with Crippen molar-refractivity contribution >= 4 is 0 Å². The van der Waals surface area contributed by atoms with Gasteiger partial charge in [-0.25, -0.2) is 0 Å². The average Bonchev–Trinajstić information content (AvgIpc) is 2.48. The molecule has 1 aromatic rings. The number of benzene rings is 1. The molecule has 1 saturated heterocycles. The Bertz CT molecular complexity index is 436. The molecule has 2 rings (SSSR count). The van der Waals surface area contributed by atoms with Gasteiger partial charge in [0, 0.05) is 5.56 Å². The predicted octanol–water partition coefficient (Wildman–Crippen LogP) is -1.64. The first-order chi connectivity index (χ1) is 9.58. The molecule has 1 fully saturated rings. The number of aliphatic hydroxyl groups is 5. The van der Waals surface area contributed by atoms with Crippen LogP contribution in [0.1, 0.15) is 5.56 Å². The highest BCUT2D eigenvalue weighted by molar-refractivity contribution is 5.32. The molecule has 20 heavy (non-hydrogen) atoms. The number of para-hydroxylation sites is 1. The van der Waals surface area contributed by atoms with Crippen LogP contribution in [0.3, 0.4) is 0 Å². The summed E-state index contributed by atoms with van der Waals surface area (Å²) >= 11 is 0. The lowest BCUT2D eigenvalue weighted by Crippen LogP contribution is -2.60. The Morgan fingerprint density at radius 3 is 2.35 bits per heavy atom. The van der Waals surface area contributed by atoms with E-state index in [0.717, 1.165) is 0 Å². The molecular formula is C13H18O7. The fourth-order valence-corrected chi connectivity index (χ4v) is 2.04. The van der Waals surface area contributed by atoms with Gasteiger partial charge in [-0.05, 0) is 6.07 Å². The lowest BCUT2D eigenvalue weighted by Gasteiger charge is -2.39. The van der Waals surface area contributed by atoms with Crippen LogP contribution in [0.5, 0.6) is 5.75 Å². The summed E-state index contributed by atoms with van der Waals surface area (Å²) in [4.78, 5) is 0. The van der Waals surface area contributed by atoms with E-state index in [4.69, 9.17) is 14.6 Å². The van der Waals surface area contributed by atoms with Gasteiger partial charge in [0.2, 0.25) is 6.29 Å². The van der Waals surface area contributed by atoms with E-state index in [1.807, 2.05) is 0 Å². The number of ether oxygens (including phenoxy) is 2. The second kappa shape index (κ2) is 6.49. The molecular weight excluding hydrogens is 268 g/mol. The summed E-state index contributed by atoms with van der Waals surface area (Å²) in [6.07, 6.45) is -6.67. The Morgan fingerprint density at radius 1 is 1.00 bits per heavy atom. The first kappa shape index (κ1) is 15.2. The maximum Gasteiger partial charge on any atom is 0.229 e. The zero-order chi connectivity index (χ0) is 14.7. The number of hydrogen-bond donors (Lipinski definition) is 5. The van der Waals surface area contributed by atoms with Crippen molar-refractivity contribution in [3.8, 4) is 5.75 Å². The van der Waals surface area contributed by atoms with Crippen molar-refractivity contribution < 1.29 is 35.0 Å². The Labute approximate surface area is 115 Å². The molecule has 7 nitrogen and oxygen atoms in total. The topological polar surface area (TPSA) is 120 Å². The largest absolute Gasteiger partial charge is 0.462 e. The normalized spacial score (nSPS) is 34.0. The highest BCUT2D eigenvalue weighted by Gasteiger charge is 2.44. The molecule has 0 amide bonds. The first-order valence-corrected chi connectivity index (χ1v) is 6.24. The predicted molar refractivity (Wildman–Crippen MR) is 66.8 cm³/mol. The highest BCUT2D eigenvalue weighted by atomic mass is 16.7. The first-order valence-electron chi connectivity index (χ1n) is 6.24.